The average molecular weight is 341 g/mol. The summed E-state index contributed by atoms with van der Waals surface area (Å²) in [6, 6.07) is 6.95. The second-order valence-electron chi connectivity index (χ2n) is 4.18. The minimum atomic E-state index is -0.983. The highest BCUT2D eigenvalue weighted by molar-refractivity contribution is 9.10. The van der Waals surface area contributed by atoms with Gasteiger partial charge in [-0.3, -0.25) is 9.78 Å². The Balaban J connectivity index is 2.36. The molecule has 0 radical (unpaired) electrons. The van der Waals surface area contributed by atoms with Gasteiger partial charge in [0, 0.05) is 26.2 Å². The normalized spacial score (nSPS) is 12.6. The van der Waals surface area contributed by atoms with E-state index in [1.165, 1.54) is 11.8 Å². The summed E-state index contributed by atoms with van der Waals surface area (Å²) >= 11 is 4.88. The molecule has 0 saturated carbocycles. The summed E-state index contributed by atoms with van der Waals surface area (Å²) in [6.07, 6.45) is 0. The average Bonchev–Trinajstić information content (AvgIpc) is 2.36. The molecule has 1 aromatic heterocycles. The number of carboxylic acids is 1. The zero-order valence-electron chi connectivity index (χ0n) is 10.3. The molecule has 1 atom stereocenters. The molecule has 0 amide bonds. The predicted molar refractivity (Wildman–Crippen MR) is 80.5 cm³/mol. The number of halogens is 1. The van der Waals surface area contributed by atoms with Crippen molar-refractivity contribution in [2.75, 3.05) is 5.75 Å². The Kier molecular flexibility index (Phi) is 4.44. The molecule has 1 aromatic carbocycles. The Morgan fingerprint density at radius 2 is 2.26 bits per heavy atom. The topological polar surface area (TPSA) is 76.2 Å². The molecule has 19 heavy (non-hydrogen) atoms. The van der Waals surface area contributed by atoms with Gasteiger partial charge in [0.15, 0.2) is 0 Å². The fraction of sp³-hybridized carbons (Fsp3) is 0.231. The molecule has 4 nitrogen and oxygen atoms in total. The highest BCUT2D eigenvalue weighted by atomic mass is 79.9. The Morgan fingerprint density at radius 3 is 2.95 bits per heavy atom. The Hall–Kier alpha value is -1.11. The van der Waals surface area contributed by atoms with Gasteiger partial charge in [-0.2, -0.15) is 0 Å². The molecule has 0 spiro atoms. The molecule has 0 bridgehead atoms. The number of nitrogens with zero attached hydrogens (tertiary/aromatic N) is 1. The summed E-state index contributed by atoms with van der Waals surface area (Å²) in [7, 11) is 0. The van der Waals surface area contributed by atoms with E-state index in [1.807, 2.05) is 31.2 Å². The minimum Gasteiger partial charge on any atom is -0.480 e. The summed E-state index contributed by atoms with van der Waals surface area (Å²) in [5.41, 5.74) is 7.33. The number of fused-ring (bicyclic) bond motifs is 1. The molecule has 2 aromatic rings. The number of carbonyl (C=O) groups is 1. The number of hydrogen-bond donors (Lipinski definition) is 2. The van der Waals surface area contributed by atoms with Crippen molar-refractivity contribution in [1.29, 1.82) is 0 Å². The number of pyridine rings is 1. The van der Waals surface area contributed by atoms with Crippen molar-refractivity contribution in [2.24, 2.45) is 5.73 Å². The van der Waals surface area contributed by atoms with Gasteiger partial charge in [0.25, 0.3) is 0 Å². The van der Waals surface area contributed by atoms with Gasteiger partial charge in [-0.15, -0.1) is 11.8 Å². The lowest BCUT2D eigenvalue weighted by Crippen LogP contribution is -2.32. The van der Waals surface area contributed by atoms with Crippen LogP contribution in [0.5, 0.6) is 0 Å². The second kappa shape index (κ2) is 5.90. The molecule has 0 aliphatic heterocycles. The van der Waals surface area contributed by atoms with Gasteiger partial charge in [-0.05, 0) is 31.2 Å². The van der Waals surface area contributed by atoms with Crippen molar-refractivity contribution in [3.63, 3.8) is 0 Å². The number of hydrogen-bond acceptors (Lipinski definition) is 4. The number of thioether (sulfide) groups is 1. The van der Waals surface area contributed by atoms with Crippen LogP contribution in [0, 0.1) is 6.92 Å². The number of aryl methyl sites for hydroxylation is 1. The number of aliphatic carboxylic acids is 1. The smallest absolute Gasteiger partial charge is 0.321 e. The number of aromatic nitrogens is 1. The van der Waals surface area contributed by atoms with E-state index in [0.717, 1.165) is 26.0 Å². The molecule has 100 valence electrons. The van der Waals surface area contributed by atoms with E-state index in [-0.39, 0.29) is 0 Å². The largest absolute Gasteiger partial charge is 0.480 e. The maximum atomic E-state index is 10.7. The summed E-state index contributed by atoms with van der Waals surface area (Å²) in [5.74, 6) is -0.649. The number of nitrogens with two attached hydrogens (primary N) is 1. The lowest BCUT2D eigenvalue weighted by molar-refractivity contribution is -0.137. The van der Waals surface area contributed by atoms with Crippen LogP contribution in [0.15, 0.2) is 33.6 Å². The second-order valence-corrected chi connectivity index (χ2v) is 6.16. The molecular weight excluding hydrogens is 328 g/mol. The van der Waals surface area contributed by atoms with E-state index in [4.69, 9.17) is 10.8 Å². The van der Waals surface area contributed by atoms with Crippen molar-refractivity contribution in [3.8, 4) is 0 Å². The summed E-state index contributed by atoms with van der Waals surface area (Å²) in [4.78, 5) is 16.2. The standard InChI is InChI=1S/C13H13BrN2O2S/c1-7-4-12(19-6-10(15)13(17)18)9-5-8(14)2-3-11(9)16-7/h2-5,10H,6,15H2,1H3,(H,17,18)/t10-/m1/s1. The van der Waals surface area contributed by atoms with Crippen molar-refractivity contribution < 1.29 is 9.90 Å². The molecule has 0 unspecified atom stereocenters. The maximum Gasteiger partial charge on any atom is 0.321 e. The summed E-state index contributed by atoms with van der Waals surface area (Å²) in [5, 5.41) is 9.82. The third-order valence-electron chi connectivity index (χ3n) is 2.60. The van der Waals surface area contributed by atoms with Gasteiger partial charge in [-0.1, -0.05) is 15.9 Å². The predicted octanol–water partition coefficient (Wildman–Crippen LogP) is 2.81. The van der Waals surface area contributed by atoms with Gasteiger partial charge in [-0.25, -0.2) is 0 Å². The van der Waals surface area contributed by atoms with E-state index < -0.39 is 12.0 Å². The molecule has 3 N–H and O–H groups in total. The number of rotatable bonds is 4. The zero-order valence-corrected chi connectivity index (χ0v) is 12.7. The van der Waals surface area contributed by atoms with Gasteiger partial charge in [0.1, 0.15) is 6.04 Å². The van der Waals surface area contributed by atoms with Crippen LogP contribution >= 0.6 is 27.7 Å². The fourth-order valence-electron chi connectivity index (χ4n) is 1.66. The van der Waals surface area contributed by atoms with E-state index in [2.05, 4.69) is 20.9 Å². The molecule has 6 heteroatoms. The van der Waals surface area contributed by atoms with E-state index >= 15 is 0 Å². The molecule has 0 aliphatic carbocycles. The first-order valence-electron chi connectivity index (χ1n) is 5.65. The van der Waals surface area contributed by atoms with Gasteiger partial charge in [0.2, 0.25) is 0 Å². The van der Waals surface area contributed by atoms with Crippen LogP contribution < -0.4 is 5.73 Å². The van der Waals surface area contributed by atoms with E-state index in [1.54, 1.807) is 0 Å². The quantitative estimate of drug-likeness (QED) is 0.837. The lowest BCUT2D eigenvalue weighted by atomic mass is 10.2. The van der Waals surface area contributed by atoms with Crippen LogP contribution in [0.25, 0.3) is 10.9 Å². The van der Waals surface area contributed by atoms with E-state index in [0.29, 0.717) is 5.75 Å². The Morgan fingerprint density at radius 1 is 1.53 bits per heavy atom. The first-order valence-corrected chi connectivity index (χ1v) is 7.43. The van der Waals surface area contributed by atoms with Crippen molar-refractivity contribution in [3.05, 3.63) is 34.4 Å². The van der Waals surface area contributed by atoms with Crippen LogP contribution in [-0.4, -0.2) is 27.9 Å². The molecule has 1 heterocycles. The van der Waals surface area contributed by atoms with Gasteiger partial charge >= 0.3 is 5.97 Å². The van der Waals surface area contributed by atoms with Crippen LogP contribution in [0.3, 0.4) is 0 Å². The molecule has 0 saturated heterocycles. The third kappa shape index (κ3) is 3.46. The fourth-order valence-corrected chi connectivity index (χ4v) is 3.10. The molecule has 0 fully saturated rings. The van der Waals surface area contributed by atoms with Crippen LogP contribution in [0.1, 0.15) is 5.69 Å². The first-order chi connectivity index (χ1) is 8.97. The SMILES string of the molecule is Cc1cc(SC[C@@H](N)C(=O)O)c2cc(Br)ccc2n1. The highest BCUT2D eigenvalue weighted by Gasteiger charge is 2.13. The van der Waals surface area contributed by atoms with Gasteiger partial charge in [0.05, 0.1) is 5.52 Å². The van der Waals surface area contributed by atoms with E-state index in [9.17, 15) is 4.79 Å². The Labute approximate surface area is 123 Å². The third-order valence-corrected chi connectivity index (χ3v) is 4.26. The zero-order chi connectivity index (χ0) is 14.0. The van der Waals surface area contributed by atoms with Crippen LogP contribution in [0.2, 0.25) is 0 Å². The van der Waals surface area contributed by atoms with Crippen molar-refractivity contribution in [1.82, 2.24) is 4.98 Å². The number of benzene rings is 1. The summed E-state index contributed by atoms with van der Waals surface area (Å²) < 4.78 is 0.968. The maximum absolute atomic E-state index is 10.7. The van der Waals surface area contributed by atoms with Gasteiger partial charge < -0.3 is 10.8 Å². The monoisotopic (exact) mass is 340 g/mol. The lowest BCUT2D eigenvalue weighted by Gasteiger charge is -2.10. The van der Waals surface area contributed by atoms with Crippen LogP contribution in [0.4, 0.5) is 0 Å². The summed E-state index contributed by atoms with van der Waals surface area (Å²) in [6.45, 7) is 1.92. The molecular formula is C13H13BrN2O2S. The highest BCUT2D eigenvalue weighted by Crippen LogP contribution is 2.30. The van der Waals surface area contributed by atoms with Crippen molar-refractivity contribution >= 4 is 44.6 Å². The Bertz CT molecular complexity index is 633. The van der Waals surface area contributed by atoms with Crippen molar-refractivity contribution in [2.45, 2.75) is 17.9 Å². The molecule has 2 rings (SSSR count). The number of carboxylic acid groups (broad SMARTS) is 1. The first kappa shape index (κ1) is 14.3. The minimum absolute atomic E-state index is 0.334. The molecule has 0 aliphatic rings. The van der Waals surface area contributed by atoms with Crippen LogP contribution in [-0.2, 0) is 4.79 Å².